The first-order chi connectivity index (χ1) is 9.60. The zero-order valence-corrected chi connectivity index (χ0v) is 13.1. The number of aromatic nitrogens is 1. The van der Waals surface area contributed by atoms with Crippen LogP contribution >= 0.6 is 0 Å². The Kier molecular flexibility index (Phi) is 5.24. The first-order valence-electron chi connectivity index (χ1n) is 7.60. The summed E-state index contributed by atoms with van der Waals surface area (Å²) in [5, 5.41) is 0. The Bertz CT molecular complexity index is 463. The minimum absolute atomic E-state index is 0.542. The highest BCUT2D eigenvalue weighted by atomic mass is 16.6. The fraction of sp³-hybridized carbons (Fsp3) is 0.688. The average molecular weight is 278 g/mol. The van der Waals surface area contributed by atoms with E-state index in [1.54, 1.807) is 0 Å². The van der Waals surface area contributed by atoms with Gasteiger partial charge in [-0.05, 0) is 32.2 Å². The zero-order valence-electron chi connectivity index (χ0n) is 13.1. The maximum Gasteiger partial charge on any atom is 0.308 e. The van der Waals surface area contributed by atoms with Crippen LogP contribution < -0.4 is 4.74 Å². The Morgan fingerprint density at radius 1 is 1.45 bits per heavy atom. The van der Waals surface area contributed by atoms with Gasteiger partial charge in [0.25, 0.3) is 0 Å². The predicted octanol–water partition coefficient (Wildman–Crippen LogP) is 3.38. The van der Waals surface area contributed by atoms with Crippen molar-refractivity contribution in [1.29, 1.82) is 0 Å². The van der Waals surface area contributed by atoms with Gasteiger partial charge in [-0.3, -0.25) is 0 Å². The first kappa shape index (κ1) is 15.1. The minimum atomic E-state index is 0.542. The number of ether oxygens (including phenoxy) is 1. The number of rotatable bonds is 6. The number of likely N-dealkylation sites (N-methyl/N-ethyl adjacent to an activating group) is 1. The third-order valence-electron chi connectivity index (χ3n) is 3.32. The number of nitrogens with zero attached hydrogens (tertiary/aromatic N) is 2. The number of hydrogen-bond donors (Lipinski definition) is 0. The second kappa shape index (κ2) is 6.93. The molecule has 0 N–H and O–H groups in total. The molecule has 2 rings (SSSR count). The third kappa shape index (κ3) is 3.85. The Balaban J connectivity index is 2.20. The molecule has 1 aromatic heterocycles. The van der Waals surface area contributed by atoms with E-state index >= 15 is 0 Å². The van der Waals surface area contributed by atoms with E-state index in [0.29, 0.717) is 18.5 Å². The molecule has 0 fully saturated rings. The third-order valence-corrected chi connectivity index (χ3v) is 3.32. The van der Waals surface area contributed by atoms with Crippen molar-refractivity contribution in [3.63, 3.8) is 0 Å². The normalized spacial score (nSPS) is 16.6. The van der Waals surface area contributed by atoms with E-state index in [0.717, 1.165) is 43.9 Å². The quantitative estimate of drug-likeness (QED) is 0.799. The van der Waals surface area contributed by atoms with Crippen LogP contribution in [0.2, 0.25) is 0 Å². The molecule has 112 valence electrons. The molecule has 0 aliphatic carbocycles. The van der Waals surface area contributed by atoms with Gasteiger partial charge in [0.05, 0.1) is 6.61 Å². The summed E-state index contributed by atoms with van der Waals surface area (Å²) in [5.41, 5.74) is 2.13. The molecule has 0 bridgehead atoms. The lowest BCUT2D eigenvalue weighted by atomic mass is 10.1. The van der Waals surface area contributed by atoms with Crippen molar-refractivity contribution in [2.75, 3.05) is 26.7 Å². The maximum atomic E-state index is 5.88. The summed E-state index contributed by atoms with van der Waals surface area (Å²) in [5.74, 6) is 1.89. The summed E-state index contributed by atoms with van der Waals surface area (Å²) in [6, 6.07) is 0. The van der Waals surface area contributed by atoms with Crippen molar-refractivity contribution in [3.8, 4) is 5.95 Å². The van der Waals surface area contributed by atoms with Crippen LogP contribution in [0.4, 0.5) is 0 Å². The van der Waals surface area contributed by atoms with Crippen molar-refractivity contribution in [2.45, 2.75) is 40.0 Å². The fourth-order valence-electron chi connectivity index (χ4n) is 2.35. The van der Waals surface area contributed by atoms with Crippen molar-refractivity contribution in [1.82, 2.24) is 9.88 Å². The van der Waals surface area contributed by atoms with Crippen LogP contribution in [0, 0.1) is 5.92 Å². The predicted molar refractivity (Wildman–Crippen MR) is 80.9 cm³/mol. The van der Waals surface area contributed by atoms with Crippen molar-refractivity contribution in [3.05, 3.63) is 17.7 Å². The number of oxazole rings is 1. The molecule has 0 radical (unpaired) electrons. The van der Waals surface area contributed by atoms with Gasteiger partial charge in [-0.15, -0.1) is 0 Å². The molecule has 20 heavy (non-hydrogen) atoms. The molecule has 0 saturated carbocycles. The van der Waals surface area contributed by atoms with Crippen LogP contribution in [0.3, 0.4) is 0 Å². The summed E-state index contributed by atoms with van der Waals surface area (Å²) >= 11 is 0. The fourth-order valence-corrected chi connectivity index (χ4v) is 2.35. The van der Waals surface area contributed by atoms with Crippen LogP contribution in [0.15, 0.2) is 10.5 Å². The van der Waals surface area contributed by atoms with E-state index < -0.39 is 0 Å². The second-order valence-electron chi connectivity index (χ2n) is 5.96. The molecule has 1 aliphatic rings. The van der Waals surface area contributed by atoms with E-state index in [1.807, 2.05) is 0 Å². The van der Waals surface area contributed by atoms with Gasteiger partial charge < -0.3 is 14.1 Å². The van der Waals surface area contributed by atoms with Crippen molar-refractivity contribution < 1.29 is 9.15 Å². The summed E-state index contributed by atoms with van der Waals surface area (Å²) in [4.78, 5) is 6.96. The molecule has 4 heteroatoms. The van der Waals surface area contributed by atoms with Gasteiger partial charge in [0.2, 0.25) is 5.89 Å². The minimum Gasteiger partial charge on any atom is -0.464 e. The van der Waals surface area contributed by atoms with Crippen LogP contribution in [0.1, 0.15) is 45.2 Å². The molecule has 0 amide bonds. The highest BCUT2D eigenvalue weighted by molar-refractivity contribution is 5.61. The lowest BCUT2D eigenvalue weighted by molar-refractivity contribution is 0.236. The van der Waals surface area contributed by atoms with Crippen LogP contribution in [0.25, 0.3) is 5.57 Å². The van der Waals surface area contributed by atoms with E-state index in [4.69, 9.17) is 9.15 Å². The lowest BCUT2D eigenvalue weighted by Crippen LogP contribution is -2.25. The molecule has 2 heterocycles. The van der Waals surface area contributed by atoms with Gasteiger partial charge in [-0.2, -0.15) is 0 Å². The van der Waals surface area contributed by atoms with E-state index in [-0.39, 0.29) is 0 Å². The largest absolute Gasteiger partial charge is 0.464 e. The second-order valence-corrected chi connectivity index (χ2v) is 5.96. The van der Waals surface area contributed by atoms with Crippen LogP contribution in [0.5, 0.6) is 5.95 Å². The van der Waals surface area contributed by atoms with Crippen molar-refractivity contribution in [2.24, 2.45) is 5.92 Å². The first-order valence-corrected chi connectivity index (χ1v) is 7.60. The van der Waals surface area contributed by atoms with Gasteiger partial charge in [0.15, 0.2) is 0 Å². The Morgan fingerprint density at radius 3 is 2.90 bits per heavy atom. The Morgan fingerprint density at radius 2 is 2.25 bits per heavy atom. The van der Waals surface area contributed by atoms with Crippen molar-refractivity contribution >= 4 is 5.57 Å². The van der Waals surface area contributed by atoms with Gasteiger partial charge in [-0.1, -0.05) is 26.8 Å². The standard InChI is InChI=1S/C16H26N2O2/c1-5-9-19-16-14(10-12(2)3)17-15(20-16)13-7-6-8-18(4)11-13/h7,12H,5-6,8-11H2,1-4H3. The summed E-state index contributed by atoms with van der Waals surface area (Å²) < 4.78 is 11.6. The van der Waals surface area contributed by atoms with Crippen LogP contribution in [-0.4, -0.2) is 36.6 Å². The van der Waals surface area contributed by atoms with Gasteiger partial charge in [0, 0.05) is 18.7 Å². The maximum absolute atomic E-state index is 5.88. The Labute approximate surface area is 121 Å². The highest BCUT2D eigenvalue weighted by Gasteiger charge is 2.20. The summed E-state index contributed by atoms with van der Waals surface area (Å²) in [6.07, 6.45) is 5.15. The molecule has 0 spiro atoms. The summed E-state index contributed by atoms with van der Waals surface area (Å²) in [7, 11) is 2.12. The average Bonchev–Trinajstić information content (AvgIpc) is 2.78. The molecule has 1 aromatic rings. The molecular formula is C16H26N2O2. The molecular weight excluding hydrogens is 252 g/mol. The molecule has 0 atom stereocenters. The molecule has 4 nitrogen and oxygen atoms in total. The summed E-state index contributed by atoms with van der Waals surface area (Å²) in [6.45, 7) is 9.14. The van der Waals surface area contributed by atoms with Gasteiger partial charge in [0.1, 0.15) is 5.69 Å². The smallest absolute Gasteiger partial charge is 0.308 e. The molecule has 0 aromatic carbocycles. The molecule has 0 unspecified atom stereocenters. The Hall–Kier alpha value is -1.29. The van der Waals surface area contributed by atoms with Gasteiger partial charge >= 0.3 is 5.95 Å². The van der Waals surface area contributed by atoms with E-state index in [9.17, 15) is 0 Å². The lowest BCUT2D eigenvalue weighted by Gasteiger charge is -2.20. The molecule has 1 aliphatic heterocycles. The zero-order chi connectivity index (χ0) is 14.5. The van der Waals surface area contributed by atoms with Crippen LogP contribution in [-0.2, 0) is 6.42 Å². The topological polar surface area (TPSA) is 38.5 Å². The highest BCUT2D eigenvalue weighted by Crippen LogP contribution is 2.28. The van der Waals surface area contributed by atoms with E-state index in [2.05, 4.69) is 43.8 Å². The van der Waals surface area contributed by atoms with Gasteiger partial charge in [-0.25, -0.2) is 4.98 Å². The van der Waals surface area contributed by atoms with E-state index in [1.165, 1.54) is 5.57 Å². The number of hydrogen-bond acceptors (Lipinski definition) is 4. The molecule has 0 saturated heterocycles. The SMILES string of the molecule is CCCOc1oc(C2=CCCN(C)C2)nc1CC(C)C. The monoisotopic (exact) mass is 278 g/mol.